The molecule has 0 aliphatic carbocycles. The molecule has 3 aromatic rings. The Morgan fingerprint density at radius 1 is 1.07 bits per heavy atom. The Bertz CT molecular complexity index is 963. The highest BCUT2D eigenvalue weighted by Crippen LogP contribution is 2.18. The van der Waals surface area contributed by atoms with Gasteiger partial charge in [0.2, 0.25) is 11.8 Å². The normalized spacial score (nSPS) is 10.6. The molecule has 0 saturated carbocycles. The van der Waals surface area contributed by atoms with E-state index >= 15 is 0 Å². The van der Waals surface area contributed by atoms with Crippen LogP contribution in [0.1, 0.15) is 25.0 Å². The SMILES string of the molecule is CCN(Cc1cccc(NC(=O)Cc2cccc3cccnc23)c1)C(C)=O. The molecule has 0 bridgehead atoms. The molecule has 0 spiro atoms. The minimum Gasteiger partial charge on any atom is -0.339 e. The number of pyridine rings is 1. The third-order valence-corrected chi connectivity index (χ3v) is 4.48. The van der Waals surface area contributed by atoms with Gasteiger partial charge in [-0.3, -0.25) is 14.6 Å². The first kappa shape index (κ1) is 18.6. The van der Waals surface area contributed by atoms with Gasteiger partial charge in [0.15, 0.2) is 0 Å². The van der Waals surface area contributed by atoms with Gasteiger partial charge in [0.1, 0.15) is 0 Å². The molecule has 0 radical (unpaired) electrons. The van der Waals surface area contributed by atoms with Crippen LogP contribution in [-0.4, -0.2) is 28.2 Å². The summed E-state index contributed by atoms with van der Waals surface area (Å²) in [5.74, 6) is -0.0559. The molecule has 1 heterocycles. The summed E-state index contributed by atoms with van der Waals surface area (Å²) in [4.78, 5) is 30.3. The molecule has 3 rings (SSSR count). The molecule has 1 N–H and O–H groups in total. The molecule has 0 aliphatic rings. The van der Waals surface area contributed by atoms with Gasteiger partial charge in [-0.1, -0.05) is 36.4 Å². The maximum atomic E-state index is 12.5. The molecular formula is C22H23N3O2. The maximum absolute atomic E-state index is 12.5. The third kappa shape index (κ3) is 4.70. The molecule has 1 aromatic heterocycles. The van der Waals surface area contributed by atoms with Crippen molar-refractivity contribution >= 4 is 28.4 Å². The summed E-state index contributed by atoms with van der Waals surface area (Å²) in [5.41, 5.74) is 3.46. The number of aromatic nitrogens is 1. The first-order valence-corrected chi connectivity index (χ1v) is 9.03. The topological polar surface area (TPSA) is 62.3 Å². The van der Waals surface area contributed by atoms with E-state index in [1.54, 1.807) is 18.0 Å². The number of hydrogen-bond donors (Lipinski definition) is 1. The zero-order chi connectivity index (χ0) is 19.2. The summed E-state index contributed by atoms with van der Waals surface area (Å²) in [7, 11) is 0. The van der Waals surface area contributed by atoms with Crippen molar-refractivity contribution in [3.63, 3.8) is 0 Å². The summed E-state index contributed by atoms with van der Waals surface area (Å²) >= 11 is 0. The van der Waals surface area contributed by atoms with Gasteiger partial charge in [-0.05, 0) is 36.2 Å². The molecule has 2 amide bonds. The smallest absolute Gasteiger partial charge is 0.228 e. The number of rotatable bonds is 6. The monoisotopic (exact) mass is 361 g/mol. The summed E-state index contributed by atoms with van der Waals surface area (Å²) in [5, 5.41) is 3.97. The summed E-state index contributed by atoms with van der Waals surface area (Å²) in [6.45, 7) is 4.70. The van der Waals surface area contributed by atoms with Gasteiger partial charge in [0.05, 0.1) is 11.9 Å². The van der Waals surface area contributed by atoms with Crippen LogP contribution in [-0.2, 0) is 22.6 Å². The van der Waals surface area contributed by atoms with Gasteiger partial charge in [-0.2, -0.15) is 0 Å². The largest absolute Gasteiger partial charge is 0.339 e. The number of anilines is 1. The van der Waals surface area contributed by atoms with Crippen LogP contribution in [0.25, 0.3) is 10.9 Å². The number of nitrogens with one attached hydrogen (secondary N) is 1. The van der Waals surface area contributed by atoms with E-state index in [0.29, 0.717) is 13.1 Å². The number of para-hydroxylation sites is 1. The Hall–Kier alpha value is -3.21. The van der Waals surface area contributed by atoms with Crippen molar-refractivity contribution < 1.29 is 9.59 Å². The highest BCUT2D eigenvalue weighted by Gasteiger charge is 2.10. The average Bonchev–Trinajstić information content (AvgIpc) is 2.66. The molecule has 5 heteroatoms. The number of nitrogens with zero attached hydrogens (tertiary/aromatic N) is 2. The van der Waals surface area contributed by atoms with Crippen LogP contribution in [0, 0.1) is 0 Å². The summed E-state index contributed by atoms with van der Waals surface area (Å²) in [6.07, 6.45) is 1.99. The van der Waals surface area contributed by atoms with Crippen LogP contribution < -0.4 is 5.32 Å². The van der Waals surface area contributed by atoms with E-state index in [9.17, 15) is 9.59 Å². The summed E-state index contributed by atoms with van der Waals surface area (Å²) in [6, 6.07) is 17.3. The van der Waals surface area contributed by atoms with Crippen molar-refractivity contribution in [2.45, 2.75) is 26.8 Å². The van der Waals surface area contributed by atoms with E-state index in [4.69, 9.17) is 0 Å². The van der Waals surface area contributed by atoms with Crippen molar-refractivity contribution in [2.75, 3.05) is 11.9 Å². The third-order valence-electron chi connectivity index (χ3n) is 4.48. The predicted molar refractivity (Wildman–Crippen MR) is 107 cm³/mol. The number of carbonyl (C=O) groups excluding carboxylic acids is 2. The average molecular weight is 361 g/mol. The molecule has 0 fully saturated rings. The van der Waals surface area contributed by atoms with Crippen LogP contribution in [0.15, 0.2) is 60.8 Å². The fourth-order valence-corrected chi connectivity index (χ4v) is 3.10. The zero-order valence-corrected chi connectivity index (χ0v) is 15.6. The minimum absolute atomic E-state index is 0.0374. The molecule has 0 unspecified atom stereocenters. The van der Waals surface area contributed by atoms with Crippen molar-refractivity contribution in [1.82, 2.24) is 9.88 Å². The van der Waals surface area contributed by atoms with Crippen LogP contribution in [0.2, 0.25) is 0 Å². The van der Waals surface area contributed by atoms with Crippen molar-refractivity contribution in [2.24, 2.45) is 0 Å². The van der Waals surface area contributed by atoms with E-state index in [0.717, 1.165) is 27.7 Å². The van der Waals surface area contributed by atoms with Gasteiger partial charge in [0, 0.05) is 37.3 Å². The van der Waals surface area contributed by atoms with Crippen LogP contribution in [0.3, 0.4) is 0 Å². The number of hydrogen-bond acceptors (Lipinski definition) is 3. The van der Waals surface area contributed by atoms with Gasteiger partial charge in [-0.25, -0.2) is 0 Å². The number of carbonyl (C=O) groups is 2. The standard InChI is InChI=1S/C22H23N3O2/c1-3-25(16(2)26)15-17-7-4-11-20(13-17)24-21(27)14-19-9-5-8-18-10-6-12-23-22(18)19/h4-13H,3,14-15H2,1-2H3,(H,24,27). The molecule has 0 atom stereocenters. The second-order valence-electron chi connectivity index (χ2n) is 6.45. The lowest BCUT2D eigenvalue weighted by molar-refractivity contribution is -0.129. The predicted octanol–water partition coefficient (Wildman–Crippen LogP) is 3.78. The van der Waals surface area contributed by atoms with Crippen molar-refractivity contribution in [3.05, 3.63) is 71.9 Å². The van der Waals surface area contributed by atoms with Crippen LogP contribution >= 0.6 is 0 Å². The Kier molecular flexibility index (Phi) is 5.81. The Labute approximate surface area is 159 Å². The lowest BCUT2D eigenvalue weighted by Crippen LogP contribution is -2.27. The molecule has 27 heavy (non-hydrogen) atoms. The van der Waals surface area contributed by atoms with Crippen molar-refractivity contribution in [1.29, 1.82) is 0 Å². The van der Waals surface area contributed by atoms with E-state index in [1.165, 1.54) is 0 Å². The van der Waals surface area contributed by atoms with Gasteiger partial charge in [-0.15, -0.1) is 0 Å². The number of amides is 2. The van der Waals surface area contributed by atoms with E-state index < -0.39 is 0 Å². The number of fused-ring (bicyclic) bond motifs is 1. The molecule has 2 aromatic carbocycles. The molecule has 0 saturated heterocycles. The molecule has 5 nitrogen and oxygen atoms in total. The lowest BCUT2D eigenvalue weighted by atomic mass is 10.1. The molecular weight excluding hydrogens is 338 g/mol. The van der Waals surface area contributed by atoms with Crippen molar-refractivity contribution in [3.8, 4) is 0 Å². The number of benzene rings is 2. The second-order valence-corrected chi connectivity index (χ2v) is 6.45. The Morgan fingerprint density at radius 2 is 1.85 bits per heavy atom. The lowest BCUT2D eigenvalue weighted by Gasteiger charge is -2.19. The van der Waals surface area contributed by atoms with E-state index in [-0.39, 0.29) is 18.2 Å². The Morgan fingerprint density at radius 3 is 2.63 bits per heavy atom. The first-order chi connectivity index (χ1) is 13.1. The minimum atomic E-state index is -0.0933. The first-order valence-electron chi connectivity index (χ1n) is 9.03. The van der Waals surface area contributed by atoms with Gasteiger partial charge >= 0.3 is 0 Å². The fourth-order valence-electron chi connectivity index (χ4n) is 3.10. The zero-order valence-electron chi connectivity index (χ0n) is 15.6. The fraction of sp³-hybridized carbons (Fsp3) is 0.227. The van der Waals surface area contributed by atoms with E-state index in [2.05, 4.69) is 10.3 Å². The van der Waals surface area contributed by atoms with Gasteiger partial charge < -0.3 is 10.2 Å². The second kappa shape index (κ2) is 8.45. The Balaban J connectivity index is 1.71. The highest BCUT2D eigenvalue weighted by molar-refractivity contribution is 5.95. The highest BCUT2D eigenvalue weighted by atomic mass is 16.2. The van der Waals surface area contributed by atoms with E-state index in [1.807, 2.05) is 61.5 Å². The van der Waals surface area contributed by atoms with Crippen LogP contribution in [0.5, 0.6) is 0 Å². The van der Waals surface area contributed by atoms with Crippen LogP contribution in [0.4, 0.5) is 5.69 Å². The summed E-state index contributed by atoms with van der Waals surface area (Å²) < 4.78 is 0. The maximum Gasteiger partial charge on any atom is 0.228 e. The molecule has 138 valence electrons. The molecule has 0 aliphatic heterocycles. The van der Waals surface area contributed by atoms with Gasteiger partial charge in [0.25, 0.3) is 0 Å². The quantitative estimate of drug-likeness (QED) is 0.727.